The van der Waals surface area contributed by atoms with E-state index in [1.54, 1.807) is 0 Å². The molecule has 0 amide bonds. The molecule has 0 bridgehead atoms. The highest BCUT2D eigenvalue weighted by Gasteiger charge is 1.95. The largest absolute Gasteiger partial charge is 0.508 e. The minimum absolute atomic E-state index is 0.0394. The number of hydrogen-bond donors (Lipinski definition) is 1. The van der Waals surface area contributed by atoms with Gasteiger partial charge in [0.25, 0.3) is 0 Å². The first-order valence-corrected chi connectivity index (χ1v) is 2.52. The highest BCUT2D eigenvalue weighted by Crippen LogP contribution is 2.21. The number of aromatic hydroxyl groups is 1. The molecule has 2 nitrogen and oxygen atoms in total. The van der Waals surface area contributed by atoms with Gasteiger partial charge in [0.15, 0.2) is 5.75 Å². The highest BCUT2D eigenvalue weighted by atomic mass is 16.3. The van der Waals surface area contributed by atoms with E-state index in [1.807, 2.05) is 0 Å². The molecular weight excluding hydrogens is 116 g/mol. The van der Waals surface area contributed by atoms with Crippen LogP contribution in [0.5, 0.6) is 11.5 Å². The molecule has 9 heavy (non-hydrogen) atoms. The van der Waals surface area contributed by atoms with Crippen LogP contribution < -0.4 is 0 Å². The molecule has 0 heterocycles. The van der Waals surface area contributed by atoms with Gasteiger partial charge in [-0.05, 0) is 18.6 Å². The van der Waals surface area contributed by atoms with E-state index in [4.69, 9.17) is 5.11 Å². The van der Waals surface area contributed by atoms with Crippen LogP contribution in [-0.2, 0) is 5.11 Å². The monoisotopic (exact) mass is 122 g/mol. The van der Waals surface area contributed by atoms with Crippen molar-refractivity contribution in [2.75, 3.05) is 0 Å². The van der Waals surface area contributed by atoms with Crippen molar-refractivity contribution in [1.29, 1.82) is 0 Å². The first kappa shape index (κ1) is 5.95. The molecule has 1 aromatic rings. The third kappa shape index (κ3) is 1.13. The van der Waals surface area contributed by atoms with Gasteiger partial charge in [-0.1, -0.05) is 6.07 Å². The molecular formula is C7H6O2. The van der Waals surface area contributed by atoms with Crippen molar-refractivity contribution >= 4 is 0 Å². The second kappa shape index (κ2) is 1.97. The minimum atomic E-state index is -0.195. The SMILES string of the molecule is [CH2]c1ccc([O])cc1O. The Hall–Kier alpha value is -1.18. The molecule has 0 spiro atoms. The molecule has 0 unspecified atom stereocenters. The van der Waals surface area contributed by atoms with Gasteiger partial charge >= 0.3 is 0 Å². The highest BCUT2D eigenvalue weighted by molar-refractivity contribution is 5.40. The Balaban J connectivity index is 3.17. The maximum Gasteiger partial charge on any atom is 0.182 e. The molecule has 1 N–H and O–H groups in total. The summed E-state index contributed by atoms with van der Waals surface area (Å²) in [6, 6.07) is 3.99. The normalized spacial score (nSPS) is 9.44. The molecule has 46 valence electrons. The standard InChI is InChI=1S/C7H6O2/c1-5-2-3-6(8)4-7(5)9/h2-4,9H,1H2. The number of benzene rings is 1. The average molecular weight is 122 g/mol. The van der Waals surface area contributed by atoms with Gasteiger partial charge in [0, 0.05) is 6.07 Å². The van der Waals surface area contributed by atoms with Crippen LogP contribution >= 0.6 is 0 Å². The summed E-state index contributed by atoms with van der Waals surface area (Å²) in [5, 5.41) is 19.3. The lowest BCUT2D eigenvalue weighted by Crippen LogP contribution is -1.70. The zero-order valence-electron chi connectivity index (χ0n) is 4.79. The first-order chi connectivity index (χ1) is 4.20. The fraction of sp³-hybridized carbons (Fsp3) is 0. The Morgan fingerprint density at radius 3 is 2.56 bits per heavy atom. The predicted octanol–water partition coefficient (Wildman–Crippen LogP) is 1.72. The van der Waals surface area contributed by atoms with Gasteiger partial charge in [0.05, 0.1) is 0 Å². The van der Waals surface area contributed by atoms with E-state index in [9.17, 15) is 5.11 Å². The third-order valence-corrected chi connectivity index (χ3v) is 1.06. The smallest absolute Gasteiger partial charge is 0.182 e. The first-order valence-electron chi connectivity index (χ1n) is 2.52. The van der Waals surface area contributed by atoms with Crippen molar-refractivity contribution in [3.8, 4) is 11.5 Å². The molecule has 0 saturated carbocycles. The van der Waals surface area contributed by atoms with Gasteiger partial charge < -0.3 is 5.11 Å². The summed E-state index contributed by atoms with van der Waals surface area (Å²) in [6.07, 6.45) is 0. The maximum absolute atomic E-state index is 10.5. The lowest BCUT2D eigenvalue weighted by molar-refractivity contribution is 0.351. The van der Waals surface area contributed by atoms with Crippen molar-refractivity contribution < 1.29 is 10.2 Å². The van der Waals surface area contributed by atoms with Crippen LogP contribution in [0.15, 0.2) is 18.2 Å². The molecule has 0 aliphatic rings. The number of rotatable bonds is 0. The summed E-state index contributed by atoms with van der Waals surface area (Å²) in [4.78, 5) is 0. The summed E-state index contributed by atoms with van der Waals surface area (Å²) in [7, 11) is 0. The minimum Gasteiger partial charge on any atom is -0.508 e. The molecule has 0 saturated heterocycles. The number of phenols is 1. The van der Waals surface area contributed by atoms with Gasteiger partial charge in [0.2, 0.25) is 0 Å². The van der Waals surface area contributed by atoms with E-state index in [0.717, 1.165) is 6.07 Å². The Morgan fingerprint density at radius 2 is 2.11 bits per heavy atom. The zero-order chi connectivity index (χ0) is 6.85. The molecule has 2 heteroatoms. The van der Waals surface area contributed by atoms with Crippen LogP contribution in [0.3, 0.4) is 0 Å². The van der Waals surface area contributed by atoms with Crippen molar-refractivity contribution in [2.45, 2.75) is 0 Å². The second-order valence-electron chi connectivity index (χ2n) is 1.79. The molecule has 1 aromatic carbocycles. The molecule has 0 aliphatic heterocycles. The Bertz CT molecular complexity index is 218. The quantitative estimate of drug-likeness (QED) is 0.559. The maximum atomic E-state index is 10.5. The van der Waals surface area contributed by atoms with E-state index in [2.05, 4.69) is 6.92 Å². The van der Waals surface area contributed by atoms with Crippen molar-refractivity contribution in [3.63, 3.8) is 0 Å². The number of phenolic OH excluding ortho intramolecular Hbond substituents is 1. The summed E-state index contributed by atoms with van der Waals surface area (Å²) in [5.74, 6) is -0.234. The van der Waals surface area contributed by atoms with Gasteiger partial charge in [-0.15, -0.1) is 0 Å². The van der Waals surface area contributed by atoms with Gasteiger partial charge in [-0.2, -0.15) is 0 Å². The molecule has 0 aromatic heterocycles. The van der Waals surface area contributed by atoms with Gasteiger partial charge in [0.1, 0.15) is 5.75 Å². The van der Waals surface area contributed by atoms with Crippen molar-refractivity contribution in [1.82, 2.24) is 0 Å². The van der Waals surface area contributed by atoms with Crippen LogP contribution in [0.1, 0.15) is 5.56 Å². The van der Waals surface area contributed by atoms with Crippen LogP contribution in [-0.4, -0.2) is 5.11 Å². The van der Waals surface area contributed by atoms with Crippen LogP contribution in [0, 0.1) is 6.92 Å². The Labute approximate surface area is 53.4 Å². The van der Waals surface area contributed by atoms with E-state index in [1.165, 1.54) is 12.1 Å². The summed E-state index contributed by atoms with van der Waals surface area (Å²) >= 11 is 0. The van der Waals surface area contributed by atoms with Gasteiger partial charge in [-0.3, -0.25) is 5.11 Å². The summed E-state index contributed by atoms with van der Waals surface area (Å²) in [5.41, 5.74) is 0.481. The van der Waals surface area contributed by atoms with Crippen molar-refractivity contribution in [2.24, 2.45) is 0 Å². The van der Waals surface area contributed by atoms with Crippen LogP contribution in [0.2, 0.25) is 0 Å². The lowest BCUT2D eigenvalue weighted by atomic mass is 10.2. The lowest BCUT2D eigenvalue weighted by Gasteiger charge is -1.94. The van der Waals surface area contributed by atoms with E-state index >= 15 is 0 Å². The van der Waals surface area contributed by atoms with Crippen LogP contribution in [0.4, 0.5) is 0 Å². The average Bonchev–Trinajstić information content (AvgIpc) is 1.80. The molecule has 0 atom stereocenters. The fourth-order valence-electron chi connectivity index (χ4n) is 0.544. The van der Waals surface area contributed by atoms with Crippen LogP contribution in [0.25, 0.3) is 0 Å². The molecule has 0 aliphatic carbocycles. The van der Waals surface area contributed by atoms with E-state index in [-0.39, 0.29) is 11.5 Å². The van der Waals surface area contributed by atoms with E-state index < -0.39 is 0 Å². The third-order valence-electron chi connectivity index (χ3n) is 1.06. The molecule has 0 fully saturated rings. The molecule has 1 rings (SSSR count). The fourth-order valence-corrected chi connectivity index (χ4v) is 0.544. The summed E-state index contributed by atoms with van der Waals surface area (Å²) in [6.45, 7) is 3.47. The second-order valence-corrected chi connectivity index (χ2v) is 1.79. The predicted molar refractivity (Wildman–Crippen MR) is 32.7 cm³/mol. The Kier molecular flexibility index (Phi) is 1.30. The van der Waals surface area contributed by atoms with Crippen molar-refractivity contribution in [3.05, 3.63) is 30.7 Å². The van der Waals surface area contributed by atoms with Gasteiger partial charge in [-0.25, -0.2) is 0 Å². The Morgan fingerprint density at radius 1 is 1.44 bits per heavy atom. The molecule has 2 radical (unpaired) electrons. The zero-order valence-corrected chi connectivity index (χ0v) is 4.79. The topological polar surface area (TPSA) is 40.1 Å². The number of hydrogen-bond acceptors (Lipinski definition) is 1. The summed E-state index contributed by atoms with van der Waals surface area (Å²) < 4.78 is 0. The van der Waals surface area contributed by atoms with E-state index in [0.29, 0.717) is 5.56 Å².